The second-order valence-electron chi connectivity index (χ2n) is 18.9. The Kier molecular flexibility index (Phi) is 9.15. The van der Waals surface area contributed by atoms with Crippen molar-refractivity contribution in [1.29, 1.82) is 0 Å². The molecule has 0 saturated carbocycles. The van der Waals surface area contributed by atoms with Crippen molar-refractivity contribution < 1.29 is 0 Å². The summed E-state index contributed by atoms with van der Waals surface area (Å²) in [6, 6.07) is 69.6. The molecule has 0 radical (unpaired) electrons. The zero-order valence-corrected chi connectivity index (χ0v) is 37.3. The van der Waals surface area contributed by atoms with E-state index < -0.39 is 0 Å². The second kappa shape index (κ2) is 14.8. The molecule has 0 spiro atoms. The van der Waals surface area contributed by atoms with Crippen LogP contribution >= 0.6 is 0 Å². The summed E-state index contributed by atoms with van der Waals surface area (Å²) >= 11 is 0. The lowest BCUT2D eigenvalue weighted by molar-refractivity contribution is 0.125. The minimum atomic E-state index is -0.0630. The van der Waals surface area contributed by atoms with E-state index in [1.807, 2.05) is 36.4 Å². The van der Waals surface area contributed by atoms with Crippen molar-refractivity contribution in [1.82, 2.24) is 19.5 Å². The number of aromatic nitrogens is 4. The third kappa shape index (κ3) is 6.23. The molecular weight excluding hydrogens is 777 g/mol. The van der Waals surface area contributed by atoms with Crippen molar-refractivity contribution in [2.75, 3.05) is 0 Å². The highest BCUT2D eigenvalue weighted by Gasteiger charge is 2.57. The van der Waals surface area contributed by atoms with Crippen LogP contribution in [0, 0.1) is 5.41 Å². The predicted octanol–water partition coefficient (Wildman–Crippen LogP) is 15.6. The van der Waals surface area contributed by atoms with Crippen LogP contribution in [0.1, 0.15) is 52.7 Å². The number of nitrogens with zero attached hydrogens (tertiary/aromatic N) is 4. The van der Waals surface area contributed by atoms with Gasteiger partial charge in [0, 0.05) is 33.2 Å². The maximum absolute atomic E-state index is 5.04. The molecule has 0 N–H and O–H groups in total. The first-order valence-electron chi connectivity index (χ1n) is 22.4. The van der Waals surface area contributed by atoms with Crippen LogP contribution in [-0.4, -0.2) is 19.5 Å². The van der Waals surface area contributed by atoms with E-state index in [2.05, 4.69) is 204 Å². The monoisotopic (exact) mass is 826 g/mol. The molecule has 10 aromatic rings. The van der Waals surface area contributed by atoms with Crippen LogP contribution in [-0.2, 0) is 10.8 Å². The Balaban J connectivity index is 1.11. The number of fused-ring (bicyclic) bond motifs is 4. The molecule has 0 fully saturated rings. The molecule has 4 heteroatoms. The lowest BCUT2D eigenvalue weighted by atomic mass is 9.59. The molecule has 310 valence electrons. The third-order valence-electron chi connectivity index (χ3n) is 15.0. The van der Waals surface area contributed by atoms with Crippen molar-refractivity contribution >= 4 is 21.8 Å². The van der Waals surface area contributed by atoms with E-state index >= 15 is 0 Å². The van der Waals surface area contributed by atoms with Gasteiger partial charge in [0.1, 0.15) is 0 Å². The van der Waals surface area contributed by atoms with Gasteiger partial charge >= 0.3 is 0 Å². The summed E-state index contributed by atoms with van der Waals surface area (Å²) in [7, 11) is 0. The van der Waals surface area contributed by atoms with Crippen molar-refractivity contribution in [3.63, 3.8) is 0 Å². The van der Waals surface area contributed by atoms with Crippen LogP contribution in [0.25, 0.3) is 95.0 Å². The van der Waals surface area contributed by atoms with Gasteiger partial charge in [0.15, 0.2) is 17.5 Å². The highest BCUT2D eigenvalue weighted by molar-refractivity contribution is 6.12. The van der Waals surface area contributed by atoms with Crippen molar-refractivity contribution in [3.8, 4) is 73.2 Å². The molecule has 0 atom stereocenters. The number of rotatable bonds is 7. The van der Waals surface area contributed by atoms with Crippen LogP contribution in [0.4, 0.5) is 0 Å². The highest BCUT2D eigenvalue weighted by Crippen LogP contribution is 2.62. The minimum Gasteiger partial charge on any atom is -0.309 e. The Morgan fingerprint density at radius 1 is 0.328 bits per heavy atom. The maximum Gasteiger partial charge on any atom is 0.164 e. The van der Waals surface area contributed by atoms with E-state index in [0.29, 0.717) is 17.5 Å². The fourth-order valence-corrected chi connectivity index (χ4v) is 10.2. The fourth-order valence-electron chi connectivity index (χ4n) is 10.2. The first-order valence-corrected chi connectivity index (χ1v) is 22.4. The summed E-state index contributed by atoms with van der Waals surface area (Å²) in [5.74, 6) is 1.96. The van der Waals surface area contributed by atoms with Gasteiger partial charge in [-0.3, -0.25) is 0 Å². The van der Waals surface area contributed by atoms with Crippen LogP contribution < -0.4 is 0 Å². The second-order valence-corrected chi connectivity index (χ2v) is 18.9. The van der Waals surface area contributed by atoms with Gasteiger partial charge in [-0.2, -0.15) is 0 Å². The average Bonchev–Trinajstić information content (AvgIpc) is 3.71. The Morgan fingerprint density at radius 3 is 1.17 bits per heavy atom. The normalized spacial score (nSPS) is 14.8. The van der Waals surface area contributed by atoms with Crippen molar-refractivity contribution in [2.45, 2.75) is 52.4 Å². The molecule has 0 saturated heterocycles. The van der Waals surface area contributed by atoms with Crippen LogP contribution in [0.5, 0.6) is 0 Å². The molecule has 1 aliphatic carbocycles. The van der Waals surface area contributed by atoms with E-state index in [1.165, 1.54) is 60.8 Å². The minimum absolute atomic E-state index is 0.00852. The number of para-hydroxylation sites is 1. The van der Waals surface area contributed by atoms with Gasteiger partial charge in [0.05, 0.1) is 11.0 Å². The molecule has 8 aromatic carbocycles. The van der Waals surface area contributed by atoms with E-state index in [-0.39, 0.29) is 16.2 Å². The first-order chi connectivity index (χ1) is 31.0. The van der Waals surface area contributed by atoms with Crippen molar-refractivity contribution in [3.05, 3.63) is 205 Å². The largest absolute Gasteiger partial charge is 0.309 e. The Morgan fingerprint density at radius 2 is 0.688 bits per heavy atom. The molecule has 64 heavy (non-hydrogen) atoms. The van der Waals surface area contributed by atoms with E-state index in [0.717, 1.165) is 27.9 Å². The standard InChI is InChI=1S/C60H50N4/c1-58(2)51-37-47(40-27-29-43(30-28-40)57-62-55(41-21-13-8-14-22-41)61-56(63-57)42-23-15-9-16-24-42)48(38-52(51)59(3,4)60(58,5)6)45-32-34-54-50(36-45)49-35-44(39-19-11-7-12-20-39)31-33-53(49)64(54)46-25-17-10-18-26-46/h7-38H,1-6H3. The van der Waals surface area contributed by atoms with E-state index in [4.69, 9.17) is 15.0 Å². The third-order valence-corrected chi connectivity index (χ3v) is 15.0. The highest BCUT2D eigenvalue weighted by atomic mass is 15.0. The van der Waals surface area contributed by atoms with Crippen LogP contribution in [0.3, 0.4) is 0 Å². The Bertz CT molecular complexity index is 3310. The van der Waals surface area contributed by atoms with Crippen LogP contribution in [0.15, 0.2) is 194 Å². The maximum atomic E-state index is 5.04. The lowest BCUT2D eigenvalue weighted by Gasteiger charge is -2.44. The molecule has 11 rings (SSSR count). The van der Waals surface area contributed by atoms with Gasteiger partial charge in [0.2, 0.25) is 0 Å². The quantitative estimate of drug-likeness (QED) is 0.161. The van der Waals surface area contributed by atoms with Gasteiger partial charge in [-0.05, 0) is 109 Å². The molecule has 0 amide bonds. The van der Waals surface area contributed by atoms with Crippen molar-refractivity contribution in [2.24, 2.45) is 5.41 Å². The first kappa shape index (κ1) is 39.4. The van der Waals surface area contributed by atoms with Crippen LogP contribution in [0.2, 0.25) is 0 Å². The summed E-state index contributed by atoms with van der Waals surface area (Å²) in [4.78, 5) is 15.0. The summed E-state index contributed by atoms with van der Waals surface area (Å²) in [6.07, 6.45) is 0. The zero-order chi connectivity index (χ0) is 43.8. The van der Waals surface area contributed by atoms with Gasteiger partial charge in [-0.1, -0.05) is 187 Å². The summed E-state index contributed by atoms with van der Waals surface area (Å²) in [5.41, 5.74) is 16.3. The summed E-state index contributed by atoms with van der Waals surface area (Å²) in [6.45, 7) is 14.6. The Hall–Kier alpha value is -7.43. The molecule has 4 nitrogen and oxygen atoms in total. The fraction of sp³-hybridized carbons (Fsp3) is 0.150. The number of hydrogen-bond donors (Lipinski definition) is 0. The topological polar surface area (TPSA) is 43.6 Å². The molecule has 0 unspecified atom stereocenters. The van der Waals surface area contributed by atoms with Gasteiger partial charge in [-0.25, -0.2) is 15.0 Å². The molecule has 0 bridgehead atoms. The molecule has 2 aromatic heterocycles. The molecule has 2 heterocycles. The summed E-state index contributed by atoms with van der Waals surface area (Å²) in [5, 5.41) is 2.47. The van der Waals surface area contributed by atoms with Gasteiger partial charge in [0.25, 0.3) is 0 Å². The smallest absolute Gasteiger partial charge is 0.164 e. The van der Waals surface area contributed by atoms with Gasteiger partial charge < -0.3 is 4.57 Å². The number of benzene rings is 8. The SMILES string of the molecule is CC1(C)c2cc(-c3ccc(-c4nc(-c5ccccc5)nc(-c5ccccc5)n4)cc3)c(-c3ccc4c(c3)c3cc(-c5ccccc5)ccc3n4-c3ccccc3)cc2C(C)(C)C1(C)C. The average molecular weight is 827 g/mol. The molecule has 1 aliphatic rings. The van der Waals surface area contributed by atoms with E-state index in [1.54, 1.807) is 0 Å². The van der Waals surface area contributed by atoms with Gasteiger partial charge in [-0.15, -0.1) is 0 Å². The lowest BCUT2D eigenvalue weighted by Crippen LogP contribution is -2.42. The number of hydrogen-bond acceptors (Lipinski definition) is 3. The Labute approximate surface area is 376 Å². The van der Waals surface area contributed by atoms with E-state index in [9.17, 15) is 0 Å². The zero-order valence-electron chi connectivity index (χ0n) is 37.3. The summed E-state index contributed by atoms with van der Waals surface area (Å²) < 4.78 is 2.41. The molecular formula is C60H50N4. The molecule has 0 aliphatic heterocycles. The predicted molar refractivity (Wildman–Crippen MR) is 267 cm³/mol.